The Bertz CT molecular complexity index is 1770. The highest BCUT2D eigenvalue weighted by molar-refractivity contribution is 6.07. The first-order valence-electron chi connectivity index (χ1n) is 14.8. The lowest BCUT2D eigenvalue weighted by Crippen LogP contribution is -2.17. The second-order valence-corrected chi connectivity index (χ2v) is 10.9. The van der Waals surface area contributed by atoms with Crippen LogP contribution >= 0.6 is 0 Å². The summed E-state index contributed by atoms with van der Waals surface area (Å²) in [4.78, 5) is 71.9. The number of nitrogens with zero attached hydrogens (tertiary/aromatic N) is 6. The third-order valence-corrected chi connectivity index (χ3v) is 7.08. The number of hydrogen-bond acceptors (Lipinski definition) is 8. The third kappa shape index (κ3) is 7.95. The molecule has 0 saturated carbocycles. The molecule has 0 radical (unpaired) electrons. The van der Waals surface area contributed by atoms with E-state index in [0.29, 0.717) is 36.5 Å². The van der Waals surface area contributed by atoms with E-state index in [9.17, 15) is 24.0 Å². The summed E-state index contributed by atoms with van der Waals surface area (Å²) in [5, 5.41) is 10.8. The second kappa shape index (κ2) is 14.5. The molecule has 0 spiro atoms. The van der Waals surface area contributed by atoms with E-state index in [1.807, 2.05) is 6.92 Å². The molecule has 0 aliphatic rings. The first-order chi connectivity index (χ1) is 21.9. The molecule has 4 heterocycles. The van der Waals surface area contributed by atoms with E-state index in [1.165, 1.54) is 32.2 Å². The van der Waals surface area contributed by atoms with Gasteiger partial charge in [-0.25, -0.2) is 9.97 Å². The highest BCUT2D eigenvalue weighted by atomic mass is 16.2. The van der Waals surface area contributed by atoms with Crippen LogP contribution < -0.4 is 27.0 Å². The van der Waals surface area contributed by atoms with Crippen molar-refractivity contribution in [3.63, 3.8) is 0 Å². The van der Waals surface area contributed by atoms with E-state index in [2.05, 4.69) is 31.2 Å². The summed E-state index contributed by atoms with van der Waals surface area (Å²) in [6.45, 7) is 2.40. The van der Waals surface area contributed by atoms with Crippen LogP contribution in [0.5, 0.6) is 0 Å². The lowest BCUT2D eigenvalue weighted by Gasteiger charge is -2.03. The van der Waals surface area contributed by atoms with E-state index in [4.69, 9.17) is 5.73 Å². The number of anilines is 4. The topological polar surface area (TPSA) is 205 Å². The number of rotatable bonds is 14. The van der Waals surface area contributed by atoms with Crippen molar-refractivity contribution in [1.29, 1.82) is 0 Å². The number of Topliss-reactive ketones (excluding diaryl/α,β-unsaturated/α-hetero) is 1. The van der Waals surface area contributed by atoms with Gasteiger partial charge < -0.3 is 45.3 Å². The van der Waals surface area contributed by atoms with E-state index >= 15 is 0 Å². The van der Waals surface area contributed by atoms with E-state index in [-0.39, 0.29) is 47.1 Å². The maximum absolute atomic E-state index is 13.1. The average molecular weight is 634 g/mol. The molecule has 46 heavy (non-hydrogen) atoms. The number of nitrogens with one attached hydrogen (secondary N) is 4. The van der Waals surface area contributed by atoms with Gasteiger partial charge >= 0.3 is 0 Å². The van der Waals surface area contributed by atoms with Crippen LogP contribution in [-0.4, -0.2) is 64.2 Å². The zero-order valence-corrected chi connectivity index (χ0v) is 26.5. The predicted molar refractivity (Wildman–Crippen MR) is 172 cm³/mol. The van der Waals surface area contributed by atoms with Crippen LogP contribution in [0, 0.1) is 0 Å². The van der Waals surface area contributed by atoms with Gasteiger partial charge in [-0.15, -0.1) is 0 Å². The number of carbonyl (C=O) groups excluding carboxylic acids is 5. The smallest absolute Gasteiger partial charge is 0.291 e. The lowest BCUT2D eigenvalue weighted by atomic mass is 10.1. The molecule has 6 N–H and O–H groups in total. The summed E-state index contributed by atoms with van der Waals surface area (Å²) < 4.78 is 6.15. The van der Waals surface area contributed by atoms with Gasteiger partial charge in [-0.3, -0.25) is 24.0 Å². The fourth-order valence-electron chi connectivity index (χ4n) is 4.73. The van der Waals surface area contributed by atoms with Gasteiger partial charge in [0.15, 0.2) is 17.4 Å². The summed E-state index contributed by atoms with van der Waals surface area (Å²) in [6, 6.07) is 3.11. The molecule has 16 nitrogen and oxygen atoms in total. The Morgan fingerprint density at radius 1 is 0.652 bits per heavy atom. The van der Waals surface area contributed by atoms with Gasteiger partial charge in [-0.05, 0) is 31.5 Å². The summed E-state index contributed by atoms with van der Waals surface area (Å²) in [7, 11) is 6.62. The minimum atomic E-state index is -0.543. The molecule has 0 aromatic carbocycles. The molecule has 0 bridgehead atoms. The van der Waals surface area contributed by atoms with E-state index < -0.39 is 17.7 Å². The molecule has 0 aliphatic carbocycles. The van der Waals surface area contributed by atoms with Crippen molar-refractivity contribution in [1.82, 2.24) is 28.2 Å². The molecule has 4 rings (SSSR count). The van der Waals surface area contributed by atoms with Crippen LogP contribution in [0.2, 0.25) is 0 Å². The van der Waals surface area contributed by atoms with Crippen LogP contribution in [0.15, 0.2) is 36.9 Å². The Morgan fingerprint density at radius 3 is 1.72 bits per heavy atom. The van der Waals surface area contributed by atoms with Crippen molar-refractivity contribution in [2.45, 2.75) is 39.0 Å². The summed E-state index contributed by atoms with van der Waals surface area (Å²) in [5.74, 6) is -1.36. The van der Waals surface area contributed by atoms with Gasteiger partial charge in [0.25, 0.3) is 17.7 Å². The van der Waals surface area contributed by atoms with Crippen molar-refractivity contribution in [2.24, 2.45) is 33.9 Å². The minimum absolute atomic E-state index is 0.000660. The Hall–Kier alpha value is -5.51. The quantitative estimate of drug-likeness (QED) is 0.130. The predicted octanol–water partition coefficient (Wildman–Crippen LogP) is 2.64. The summed E-state index contributed by atoms with van der Waals surface area (Å²) in [5.41, 5.74) is 6.94. The van der Waals surface area contributed by atoms with Crippen LogP contribution in [0.1, 0.15) is 81.2 Å². The Morgan fingerprint density at radius 2 is 1.17 bits per heavy atom. The van der Waals surface area contributed by atoms with Crippen molar-refractivity contribution in [3.05, 3.63) is 60.0 Å². The maximum atomic E-state index is 13.1. The van der Waals surface area contributed by atoms with E-state index in [1.54, 1.807) is 51.2 Å². The van der Waals surface area contributed by atoms with Gasteiger partial charge in [-0.1, -0.05) is 13.3 Å². The Balaban J connectivity index is 1.38. The van der Waals surface area contributed by atoms with Crippen LogP contribution in [0.4, 0.5) is 23.0 Å². The number of ketones is 1. The molecule has 16 heteroatoms. The standard InChI is InChI=1S/C30H39N11O5/c1-6-7-9-22(42)20-12-18(14-38(20)2)32-30(46)27-36-24(17-41(27)5)37-28(44)21-13-19(15-39(21)3)33-29(45)26-35-23(16-40(26)4)34-25(43)10-8-11-31/h12-17H,6-11,31H2,1-5H3,(H,32,46)(H,33,45)(H,34,43)(H,37,44). The second-order valence-electron chi connectivity index (χ2n) is 10.9. The maximum Gasteiger partial charge on any atom is 0.291 e. The average Bonchev–Trinajstić information content (AvgIpc) is 3.75. The molecule has 0 fully saturated rings. The van der Waals surface area contributed by atoms with Crippen molar-refractivity contribution >= 4 is 52.4 Å². The fourth-order valence-corrected chi connectivity index (χ4v) is 4.73. The molecule has 0 saturated heterocycles. The third-order valence-electron chi connectivity index (χ3n) is 7.08. The normalized spacial score (nSPS) is 10.9. The lowest BCUT2D eigenvalue weighted by molar-refractivity contribution is -0.116. The largest absolute Gasteiger partial charge is 0.346 e. The van der Waals surface area contributed by atoms with Crippen molar-refractivity contribution in [3.8, 4) is 0 Å². The van der Waals surface area contributed by atoms with Gasteiger partial charge in [-0.2, -0.15) is 0 Å². The minimum Gasteiger partial charge on any atom is -0.346 e. The molecular formula is C30H39N11O5. The molecule has 0 unspecified atom stereocenters. The molecule has 244 valence electrons. The Labute approximate surface area is 265 Å². The number of hydrogen-bond donors (Lipinski definition) is 5. The number of aryl methyl sites for hydroxylation is 4. The van der Waals surface area contributed by atoms with Crippen molar-refractivity contribution in [2.75, 3.05) is 27.8 Å². The molecule has 4 aromatic rings. The van der Waals surface area contributed by atoms with E-state index in [0.717, 1.165) is 12.8 Å². The SMILES string of the molecule is CCCCC(=O)c1cc(NC(=O)c2nc(NC(=O)c3cc(NC(=O)c4nc(NC(=O)CCCN)cn4C)cn3C)cn2C)cn1C. The molecular weight excluding hydrogens is 594 g/mol. The van der Waals surface area contributed by atoms with Gasteiger partial charge in [0.2, 0.25) is 17.6 Å². The zero-order chi connectivity index (χ0) is 33.5. The van der Waals surface area contributed by atoms with Gasteiger partial charge in [0.05, 0.1) is 17.1 Å². The van der Waals surface area contributed by atoms with Crippen LogP contribution in [0.25, 0.3) is 0 Å². The highest BCUT2D eigenvalue weighted by Gasteiger charge is 2.21. The molecule has 4 aromatic heterocycles. The Kier molecular flexibility index (Phi) is 10.5. The molecule has 0 aliphatic heterocycles. The highest BCUT2D eigenvalue weighted by Crippen LogP contribution is 2.19. The first-order valence-corrected chi connectivity index (χ1v) is 14.8. The van der Waals surface area contributed by atoms with Gasteiger partial charge in [0, 0.05) is 65.8 Å². The van der Waals surface area contributed by atoms with Crippen molar-refractivity contribution < 1.29 is 24.0 Å². The number of amides is 4. The van der Waals surface area contributed by atoms with Gasteiger partial charge in [0.1, 0.15) is 5.69 Å². The molecule has 4 amide bonds. The fraction of sp³-hybridized carbons (Fsp3) is 0.367. The van der Waals surface area contributed by atoms with Crippen LogP contribution in [0.3, 0.4) is 0 Å². The summed E-state index contributed by atoms with van der Waals surface area (Å²) >= 11 is 0. The van der Waals surface area contributed by atoms with Crippen LogP contribution in [-0.2, 0) is 33.0 Å². The number of nitrogens with two attached hydrogens (primary N) is 1. The number of aromatic nitrogens is 6. The monoisotopic (exact) mass is 633 g/mol. The number of carbonyl (C=O) groups is 5. The number of imidazole rings is 2. The molecule has 0 atom stereocenters. The zero-order valence-electron chi connectivity index (χ0n) is 26.5. The number of unbranched alkanes of at least 4 members (excludes halogenated alkanes) is 1. The summed E-state index contributed by atoms with van der Waals surface area (Å²) in [6.07, 6.45) is 9.14. The first kappa shape index (κ1) is 33.4.